The van der Waals surface area contributed by atoms with Gasteiger partial charge in [0.15, 0.2) is 0 Å². The van der Waals surface area contributed by atoms with Gasteiger partial charge in [0.05, 0.1) is 6.10 Å². The van der Waals surface area contributed by atoms with Crippen LogP contribution in [0.15, 0.2) is 24.3 Å². The van der Waals surface area contributed by atoms with E-state index in [2.05, 4.69) is 31.2 Å². The van der Waals surface area contributed by atoms with Gasteiger partial charge in [-0.15, -0.1) is 11.6 Å². The van der Waals surface area contributed by atoms with Crippen molar-refractivity contribution >= 4 is 11.6 Å². The van der Waals surface area contributed by atoms with Crippen LogP contribution in [0, 0.1) is 6.92 Å². The van der Waals surface area contributed by atoms with Crippen LogP contribution in [-0.2, 0) is 4.74 Å². The van der Waals surface area contributed by atoms with Crippen molar-refractivity contribution in [2.24, 2.45) is 0 Å². The summed E-state index contributed by atoms with van der Waals surface area (Å²) >= 11 is 6.10. The van der Waals surface area contributed by atoms with Crippen molar-refractivity contribution in [2.75, 3.05) is 12.5 Å². The quantitative estimate of drug-likeness (QED) is 0.724. The Balaban J connectivity index is 2.06. The summed E-state index contributed by atoms with van der Waals surface area (Å²) in [6.45, 7) is 3.08. The molecule has 0 aliphatic carbocycles. The van der Waals surface area contributed by atoms with Crippen molar-refractivity contribution < 1.29 is 4.74 Å². The summed E-state index contributed by atoms with van der Waals surface area (Å²) in [5.74, 6) is 1.12. The molecule has 0 bridgehead atoms. The molecule has 1 saturated heterocycles. The first-order valence-corrected chi connectivity index (χ1v) is 6.58. The fraction of sp³-hybridized carbons (Fsp3) is 0.571. The minimum atomic E-state index is 0.420. The predicted molar refractivity (Wildman–Crippen MR) is 68.2 cm³/mol. The van der Waals surface area contributed by atoms with Gasteiger partial charge in [0, 0.05) is 18.4 Å². The Morgan fingerprint density at radius 3 is 2.88 bits per heavy atom. The molecule has 1 aliphatic heterocycles. The van der Waals surface area contributed by atoms with Gasteiger partial charge in [0.25, 0.3) is 0 Å². The first kappa shape index (κ1) is 11.9. The van der Waals surface area contributed by atoms with Gasteiger partial charge < -0.3 is 4.74 Å². The topological polar surface area (TPSA) is 9.23 Å². The minimum Gasteiger partial charge on any atom is -0.378 e. The number of hydrogen-bond acceptors (Lipinski definition) is 1. The average Bonchev–Trinajstić information content (AvgIpc) is 2.80. The molecule has 0 aromatic heterocycles. The molecule has 1 heterocycles. The maximum atomic E-state index is 6.10. The van der Waals surface area contributed by atoms with Crippen LogP contribution in [0.25, 0.3) is 0 Å². The van der Waals surface area contributed by atoms with Gasteiger partial charge in [0.1, 0.15) is 0 Å². The van der Waals surface area contributed by atoms with E-state index in [-0.39, 0.29) is 0 Å². The van der Waals surface area contributed by atoms with Gasteiger partial charge >= 0.3 is 0 Å². The Morgan fingerprint density at radius 2 is 2.25 bits per heavy atom. The molecule has 16 heavy (non-hydrogen) atoms. The van der Waals surface area contributed by atoms with Crippen LogP contribution in [0.3, 0.4) is 0 Å². The van der Waals surface area contributed by atoms with E-state index in [0.29, 0.717) is 17.9 Å². The number of benzene rings is 1. The first-order valence-electron chi connectivity index (χ1n) is 6.04. The lowest BCUT2D eigenvalue weighted by Gasteiger charge is -2.20. The fourth-order valence-electron chi connectivity index (χ4n) is 2.47. The average molecular weight is 239 g/mol. The molecule has 2 rings (SSSR count). The first-order chi connectivity index (χ1) is 7.81. The van der Waals surface area contributed by atoms with E-state index in [9.17, 15) is 0 Å². The zero-order valence-electron chi connectivity index (χ0n) is 9.79. The highest BCUT2D eigenvalue weighted by molar-refractivity contribution is 6.18. The molecular weight excluding hydrogens is 220 g/mol. The number of ether oxygens (including phenoxy) is 1. The third kappa shape index (κ3) is 2.78. The predicted octanol–water partition coefficient (Wildman–Crippen LogP) is 3.89. The largest absolute Gasteiger partial charge is 0.378 e. The van der Waals surface area contributed by atoms with E-state index < -0.39 is 0 Å². The molecule has 1 aromatic carbocycles. The van der Waals surface area contributed by atoms with Gasteiger partial charge in [-0.1, -0.05) is 24.3 Å². The van der Waals surface area contributed by atoms with Crippen molar-refractivity contribution in [1.29, 1.82) is 0 Å². The summed E-state index contributed by atoms with van der Waals surface area (Å²) in [6.07, 6.45) is 3.88. The van der Waals surface area contributed by atoms with E-state index >= 15 is 0 Å². The van der Waals surface area contributed by atoms with Crippen molar-refractivity contribution in [3.63, 3.8) is 0 Å². The molecule has 2 unspecified atom stereocenters. The van der Waals surface area contributed by atoms with Crippen LogP contribution < -0.4 is 0 Å². The van der Waals surface area contributed by atoms with E-state index in [4.69, 9.17) is 16.3 Å². The highest BCUT2D eigenvalue weighted by atomic mass is 35.5. The lowest BCUT2D eigenvalue weighted by atomic mass is 9.91. The molecule has 2 atom stereocenters. The van der Waals surface area contributed by atoms with Crippen molar-refractivity contribution in [1.82, 2.24) is 0 Å². The summed E-state index contributed by atoms with van der Waals surface area (Å²) in [7, 11) is 0. The standard InChI is InChI=1S/C14H19ClO/c1-11-5-2-3-7-14(11)12(10-15)9-13-6-4-8-16-13/h2-3,5,7,12-13H,4,6,8-10H2,1H3. The van der Waals surface area contributed by atoms with Gasteiger partial charge in [-0.3, -0.25) is 0 Å². The van der Waals surface area contributed by atoms with E-state index in [1.807, 2.05) is 0 Å². The second-order valence-corrected chi connectivity index (χ2v) is 4.89. The zero-order chi connectivity index (χ0) is 11.4. The minimum absolute atomic E-state index is 0.420. The van der Waals surface area contributed by atoms with Crippen LogP contribution in [-0.4, -0.2) is 18.6 Å². The summed E-state index contributed by atoms with van der Waals surface area (Å²) in [5, 5.41) is 0. The summed E-state index contributed by atoms with van der Waals surface area (Å²) in [5.41, 5.74) is 2.72. The molecule has 0 N–H and O–H groups in total. The Hall–Kier alpha value is -0.530. The molecular formula is C14H19ClO. The summed E-state index contributed by atoms with van der Waals surface area (Å²) in [6, 6.07) is 8.52. The molecule has 1 fully saturated rings. The second kappa shape index (κ2) is 5.70. The highest BCUT2D eigenvalue weighted by Crippen LogP contribution is 2.29. The highest BCUT2D eigenvalue weighted by Gasteiger charge is 2.22. The number of rotatable bonds is 4. The van der Waals surface area contributed by atoms with Crippen molar-refractivity contribution in [3.8, 4) is 0 Å². The van der Waals surface area contributed by atoms with Crippen LogP contribution in [0.2, 0.25) is 0 Å². The molecule has 0 spiro atoms. The van der Waals surface area contributed by atoms with Gasteiger partial charge in [0.2, 0.25) is 0 Å². The van der Waals surface area contributed by atoms with E-state index in [0.717, 1.165) is 13.0 Å². The van der Waals surface area contributed by atoms with Crippen molar-refractivity contribution in [2.45, 2.75) is 38.2 Å². The van der Waals surface area contributed by atoms with Gasteiger partial charge in [-0.25, -0.2) is 0 Å². The normalized spacial score (nSPS) is 22.2. The zero-order valence-corrected chi connectivity index (χ0v) is 10.5. The number of hydrogen-bond donors (Lipinski definition) is 0. The lowest BCUT2D eigenvalue weighted by Crippen LogP contribution is -2.13. The Labute approximate surface area is 103 Å². The van der Waals surface area contributed by atoms with Gasteiger partial charge in [-0.05, 0) is 37.3 Å². The van der Waals surface area contributed by atoms with Crippen molar-refractivity contribution in [3.05, 3.63) is 35.4 Å². The number of alkyl halides is 1. The molecule has 2 heteroatoms. The summed E-state index contributed by atoms with van der Waals surface area (Å²) < 4.78 is 5.69. The van der Waals surface area contributed by atoms with Crippen LogP contribution in [0.1, 0.15) is 36.3 Å². The Morgan fingerprint density at radius 1 is 1.44 bits per heavy atom. The van der Waals surface area contributed by atoms with Crippen LogP contribution >= 0.6 is 11.6 Å². The third-order valence-electron chi connectivity index (χ3n) is 3.39. The molecule has 0 saturated carbocycles. The lowest BCUT2D eigenvalue weighted by molar-refractivity contribution is 0.0995. The Bertz CT molecular complexity index is 331. The van der Waals surface area contributed by atoms with E-state index in [1.54, 1.807) is 0 Å². The maximum Gasteiger partial charge on any atom is 0.0582 e. The Kier molecular flexibility index (Phi) is 4.25. The number of halogens is 1. The van der Waals surface area contributed by atoms with Crippen LogP contribution in [0.5, 0.6) is 0 Å². The number of aryl methyl sites for hydroxylation is 1. The van der Waals surface area contributed by atoms with Crippen LogP contribution in [0.4, 0.5) is 0 Å². The molecule has 1 aliphatic rings. The molecule has 1 nitrogen and oxygen atoms in total. The molecule has 0 amide bonds. The second-order valence-electron chi connectivity index (χ2n) is 4.58. The molecule has 1 aromatic rings. The monoisotopic (exact) mass is 238 g/mol. The third-order valence-corrected chi connectivity index (χ3v) is 3.76. The molecule has 88 valence electrons. The SMILES string of the molecule is Cc1ccccc1C(CCl)CC1CCCO1. The smallest absolute Gasteiger partial charge is 0.0582 e. The molecule has 0 radical (unpaired) electrons. The summed E-state index contributed by atoms with van der Waals surface area (Å²) in [4.78, 5) is 0. The van der Waals surface area contributed by atoms with E-state index in [1.165, 1.54) is 24.0 Å². The van der Waals surface area contributed by atoms with Gasteiger partial charge in [-0.2, -0.15) is 0 Å². The fourth-order valence-corrected chi connectivity index (χ4v) is 2.76. The maximum absolute atomic E-state index is 6.10.